The highest BCUT2D eigenvalue weighted by atomic mass is 16.5. The fourth-order valence-corrected chi connectivity index (χ4v) is 3.64. The molecule has 0 spiro atoms. The molecule has 0 aliphatic heterocycles. The van der Waals surface area contributed by atoms with Gasteiger partial charge in [0.2, 0.25) is 5.75 Å². The summed E-state index contributed by atoms with van der Waals surface area (Å²) in [6, 6.07) is 22.5. The summed E-state index contributed by atoms with van der Waals surface area (Å²) in [4.78, 5) is 17.9. The molecule has 0 aliphatic rings. The van der Waals surface area contributed by atoms with Crippen molar-refractivity contribution in [2.45, 2.75) is 6.10 Å². The van der Waals surface area contributed by atoms with Crippen LogP contribution in [0.3, 0.4) is 0 Å². The van der Waals surface area contributed by atoms with Gasteiger partial charge in [-0.2, -0.15) is 0 Å². The summed E-state index contributed by atoms with van der Waals surface area (Å²) in [6.45, 7) is 0. The molecule has 6 heteroatoms. The second-order valence-electron chi connectivity index (χ2n) is 7.03. The second kappa shape index (κ2) is 9.39. The van der Waals surface area contributed by atoms with Gasteiger partial charge in [0.1, 0.15) is 0 Å². The van der Waals surface area contributed by atoms with Crippen molar-refractivity contribution in [1.29, 1.82) is 0 Å². The Morgan fingerprint density at radius 3 is 2.12 bits per heavy atom. The van der Waals surface area contributed by atoms with Crippen LogP contribution in [0.25, 0.3) is 10.8 Å². The van der Waals surface area contributed by atoms with E-state index in [1.54, 1.807) is 18.3 Å². The average molecular weight is 429 g/mol. The molecule has 4 aromatic rings. The lowest BCUT2D eigenvalue weighted by molar-refractivity contribution is 0.0372. The topological polar surface area (TPSA) is 66.9 Å². The minimum Gasteiger partial charge on any atom is -0.493 e. The normalized spacial score (nSPS) is 11.6. The van der Waals surface area contributed by atoms with Crippen LogP contribution in [0.2, 0.25) is 0 Å². The van der Waals surface area contributed by atoms with E-state index in [-0.39, 0.29) is 5.56 Å². The largest absolute Gasteiger partial charge is 0.493 e. The van der Waals surface area contributed by atoms with Crippen molar-refractivity contribution in [3.63, 3.8) is 0 Å². The molecule has 4 rings (SSSR count). The van der Waals surface area contributed by atoms with E-state index < -0.39 is 12.1 Å². The minimum atomic E-state index is -0.700. The second-order valence-corrected chi connectivity index (χ2v) is 7.03. The van der Waals surface area contributed by atoms with Crippen molar-refractivity contribution >= 4 is 16.7 Å². The fourth-order valence-electron chi connectivity index (χ4n) is 3.64. The van der Waals surface area contributed by atoms with E-state index in [2.05, 4.69) is 4.98 Å². The minimum absolute atomic E-state index is 0.278. The highest BCUT2D eigenvalue weighted by Crippen LogP contribution is 2.39. The Kier molecular flexibility index (Phi) is 6.22. The Hall–Kier alpha value is -4.06. The van der Waals surface area contributed by atoms with Gasteiger partial charge in [-0.05, 0) is 29.1 Å². The molecule has 162 valence electrons. The van der Waals surface area contributed by atoms with Crippen LogP contribution in [-0.4, -0.2) is 32.3 Å². The maximum atomic E-state index is 13.3. The zero-order chi connectivity index (χ0) is 22.5. The van der Waals surface area contributed by atoms with Crippen molar-refractivity contribution in [3.8, 4) is 17.2 Å². The number of methoxy groups -OCH3 is 3. The number of carbonyl (C=O) groups excluding carboxylic acids is 1. The SMILES string of the molecule is COc1cc(C(=O)O[C@@H](c2ccccc2)c2nccc3ccccc23)cc(OC)c1OC. The molecule has 3 aromatic carbocycles. The predicted octanol–water partition coefficient (Wildman–Crippen LogP) is 5.21. The van der Waals surface area contributed by atoms with Crippen LogP contribution in [0.4, 0.5) is 0 Å². The number of pyridine rings is 1. The van der Waals surface area contributed by atoms with E-state index in [1.807, 2.05) is 60.7 Å². The van der Waals surface area contributed by atoms with E-state index >= 15 is 0 Å². The molecule has 1 atom stereocenters. The first-order valence-corrected chi connectivity index (χ1v) is 10.1. The average Bonchev–Trinajstić information content (AvgIpc) is 2.86. The van der Waals surface area contributed by atoms with Crippen molar-refractivity contribution in [1.82, 2.24) is 4.98 Å². The molecule has 0 radical (unpaired) electrons. The number of carbonyl (C=O) groups is 1. The third-order valence-electron chi connectivity index (χ3n) is 5.18. The molecule has 0 saturated carbocycles. The lowest BCUT2D eigenvalue weighted by Crippen LogP contribution is -2.15. The standard InChI is InChI=1S/C26H23NO5/c1-29-21-15-19(16-22(30-2)25(21)31-3)26(28)32-24(18-10-5-4-6-11-18)23-20-12-8-7-9-17(20)13-14-27-23/h4-16,24H,1-3H3/t24-/m0/s1. The number of nitrogens with zero attached hydrogens (tertiary/aromatic N) is 1. The van der Waals surface area contributed by atoms with Crippen molar-refractivity contribution < 1.29 is 23.7 Å². The van der Waals surface area contributed by atoms with E-state index in [1.165, 1.54) is 21.3 Å². The number of hydrogen-bond acceptors (Lipinski definition) is 6. The van der Waals surface area contributed by atoms with Crippen LogP contribution in [0.15, 0.2) is 79.0 Å². The molecule has 32 heavy (non-hydrogen) atoms. The number of fused-ring (bicyclic) bond motifs is 1. The number of esters is 1. The van der Waals surface area contributed by atoms with Crippen molar-refractivity contribution in [2.24, 2.45) is 0 Å². The van der Waals surface area contributed by atoms with E-state index in [0.717, 1.165) is 16.3 Å². The maximum absolute atomic E-state index is 13.3. The summed E-state index contributed by atoms with van der Waals surface area (Å²) in [7, 11) is 4.51. The lowest BCUT2D eigenvalue weighted by Gasteiger charge is -2.20. The first-order valence-electron chi connectivity index (χ1n) is 10.1. The van der Waals surface area contributed by atoms with Crippen LogP contribution < -0.4 is 14.2 Å². The molecule has 0 aliphatic carbocycles. The van der Waals surface area contributed by atoms with Crippen molar-refractivity contribution in [2.75, 3.05) is 21.3 Å². The molecule has 0 N–H and O–H groups in total. The fraction of sp³-hybridized carbons (Fsp3) is 0.154. The van der Waals surface area contributed by atoms with Gasteiger partial charge in [0.25, 0.3) is 0 Å². The Morgan fingerprint density at radius 1 is 0.812 bits per heavy atom. The molecule has 6 nitrogen and oxygen atoms in total. The highest BCUT2D eigenvalue weighted by Gasteiger charge is 2.25. The van der Waals surface area contributed by atoms with Crippen LogP contribution >= 0.6 is 0 Å². The van der Waals surface area contributed by atoms with Gasteiger partial charge in [0, 0.05) is 11.6 Å². The molecule has 1 heterocycles. The van der Waals surface area contributed by atoms with Gasteiger partial charge >= 0.3 is 5.97 Å². The van der Waals surface area contributed by atoms with Gasteiger partial charge in [-0.15, -0.1) is 0 Å². The summed E-state index contributed by atoms with van der Waals surface area (Å²) >= 11 is 0. The number of benzene rings is 3. The first kappa shape index (κ1) is 21.2. The van der Waals surface area contributed by atoms with Gasteiger partial charge in [0.15, 0.2) is 17.6 Å². The summed E-state index contributed by atoms with van der Waals surface area (Å²) < 4.78 is 22.1. The van der Waals surface area contributed by atoms with Crippen LogP contribution in [-0.2, 0) is 4.74 Å². The zero-order valence-electron chi connectivity index (χ0n) is 18.1. The van der Waals surface area contributed by atoms with Gasteiger partial charge in [-0.1, -0.05) is 54.6 Å². The molecule has 0 saturated heterocycles. The Bertz CT molecular complexity index is 1210. The third kappa shape index (κ3) is 4.07. The number of rotatable bonds is 7. The lowest BCUT2D eigenvalue weighted by atomic mass is 10.0. The molecule has 0 unspecified atom stereocenters. The van der Waals surface area contributed by atoms with E-state index in [0.29, 0.717) is 22.9 Å². The summed E-state index contributed by atoms with van der Waals surface area (Å²) in [5, 5.41) is 1.93. The Labute approximate surface area is 186 Å². The number of aromatic nitrogens is 1. The molecule has 0 fully saturated rings. The number of ether oxygens (including phenoxy) is 4. The zero-order valence-corrected chi connectivity index (χ0v) is 18.1. The van der Waals surface area contributed by atoms with Crippen LogP contribution in [0, 0.1) is 0 Å². The first-order chi connectivity index (χ1) is 15.7. The van der Waals surface area contributed by atoms with Gasteiger partial charge in [-0.25, -0.2) is 4.79 Å². The molecule has 1 aromatic heterocycles. The van der Waals surface area contributed by atoms with Gasteiger partial charge < -0.3 is 18.9 Å². The smallest absolute Gasteiger partial charge is 0.339 e. The van der Waals surface area contributed by atoms with Gasteiger partial charge in [0.05, 0.1) is 32.6 Å². The van der Waals surface area contributed by atoms with E-state index in [9.17, 15) is 4.79 Å². The Morgan fingerprint density at radius 2 is 1.47 bits per heavy atom. The van der Waals surface area contributed by atoms with E-state index in [4.69, 9.17) is 18.9 Å². The summed E-state index contributed by atoms with van der Waals surface area (Å²) in [5.41, 5.74) is 1.76. The molecular formula is C26H23NO5. The highest BCUT2D eigenvalue weighted by molar-refractivity contribution is 5.92. The molecule has 0 amide bonds. The molecule has 0 bridgehead atoms. The third-order valence-corrected chi connectivity index (χ3v) is 5.18. The predicted molar refractivity (Wildman–Crippen MR) is 122 cm³/mol. The number of hydrogen-bond donors (Lipinski definition) is 0. The van der Waals surface area contributed by atoms with Crippen LogP contribution in [0.5, 0.6) is 17.2 Å². The van der Waals surface area contributed by atoms with Crippen molar-refractivity contribution in [3.05, 3.63) is 95.8 Å². The summed E-state index contributed by atoms with van der Waals surface area (Å²) in [6.07, 6.45) is 1.02. The quantitative estimate of drug-likeness (QED) is 0.376. The monoisotopic (exact) mass is 429 g/mol. The Balaban J connectivity index is 1.78. The molecular weight excluding hydrogens is 406 g/mol. The summed E-state index contributed by atoms with van der Waals surface area (Å²) in [5.74, 6) is 0.617. The van der Waals surface area contributed by atoms with Crippen LogP contribution in [0.1, 0.15) is 27.7 Å². The van der Waals surface area contributed by atoms with Gasteiger partial charge in [-0.3, -0.25) is 4.98 Å². The maximum Gasteiger partial charge on any atom is 0.339 e.